The molecule has 8 nitrogen and oxygen atoms in total. The first-order valence-electron chi connectivity index (χ1n) is 6.15. The largest absolute Gasteiger partial charge is 0.368 e. The van der Waals surface area contributed by atoms with E-state index in [0.29, 0.717) is 25.2 Å². The van der Waals surface area contributed by atoms with Crippen LogP contribution in [0.15, 0.2) is 6.20 Å². The molecule has 1 aliphatic rings. The van der Waals surface area contributed by atoms with E-state index in [-0.39, 0.29) is 17.9 Å². The molecule has 1 unspecified atom stereocenters. The van der Waals surface area contributed by atoms with Gasteiger partial charge in [-0.2, -0.15) is 15.1 Å². The molecule has 2 aromatic heterocycles. The zero-order chi connectivity index (χ0) is 13.4. The Morgan fingerprint density at radius 1 is 1.47 bits per heavy atom. The first kappa shape index (κ1) is 11.7. The second-order valence-corrected chi connectivity index (χ2v) is 4.63. The number of carbonyl (C=O) groups excluding carboxylic acids is 1. The molecule has 0 bridgehead atoms. The molecule has 1 fully saturated rings. The van der Waals surface area contributed by atoms with Crippen LogP contribution < -0.4 is 16.0 Å². The SMILES string of the molecule is CC1CNC(=O)CCN1c1nc(N)nc2[nH]ncc12. The molecule has 3 rings (SSSR count). The van der Waals surface area contributed by atoms with Crippen molar-refractivity contribution in [2.75, 3.05) is 23.7 Å². The minimum absolute atomic E-state index is 0.0554. The van der Waals surface area contributed by atoms with E-state index < -0.39 is 0 Å². The molecule has 1 aliphatic heterocycles. The van der Waals surface area contributed by atoms with Crippen LogP contribution in [0.5, 0.6) is 0 Å². The summed E-state index contributed by atoms with van der Waals surface area (Å²) in [4.78, 5) is 21.9. The Morgan fingerprint density at radius 3 is 3.16 bits per heavy atom. The fourth-order valence-corrected chi connectivity index (χ4v) is 2.27. The van der Waals surface area contributed by atoms with Gasteiger partial charge in [0.05, 0.1) is 11.6 Å². The normalized spacial score (nSPS) is 20.4. The van der Waals surface area contributed by atoms with Gasteiger partial charge in [-0.25, -0.2) is 0 Å². The molecule has 3 heterocycles. The number of nitrogen functional groups attached to an aromatic ring is 1. The number of hydrogen-bond acceptors (Lipinski definition) is 6. The second kappa shape index (κ2) is 4.38. The lowest BCUT2D eigenvalue weighted by atomic mass is 10.2. The van der Waals surface area contributed by atoms with Gasteiger partial charge >= 0.3 is 0 Å². The Kier molecular flexibility index (Phi) is 2.69. The van der Waals surface area contributed by atoms with Crippen molar-refractivity contribution in [2.24, 2.45) is 0 Å². The molecule has 1 atom stereocenters. The molecule has 0 aliphatic carbocycles. The minimum atomic E-state index is 0.0554. The molecule has 1 saturated heterocycles. The van der Waals surface area contributed by atoms with E-state index in [1.165, 1.54) is 0 Å². The summed E-state index contributed by atoms with van der Waals surface area (Å²) in [5.74, 6) is 0.975. The van der Waals surface area contributed by atoms with E-state index in [2.05, 4.69) is 30.4 Å². The van der Waals surface area contributed by atoms with Gasteiger partial charge in [0.25, 0.3) is 0 Å². The van der Waals surface area contributed by atoms with Crippen LogP contribution in [-0.4, -0.2) is 45.2 Å². The highest BCUT2D eigenvalue weighted by Gasteiger charge is 2.24. The summed E-state index contributed by atoms with van der Waals surface area (Å²) in [5, 5.41) is 10.4. The average molecular weight is 261 g/mol. The van der Waals surface area contributed by atoms with Crippen LogP contribution >= 0.6 is 0 Å². The van der Waals surface area contributed by atoms with Crippen molar-refractivity contribution in [3.63, 3.8) is 0 Å². The highest BCUT2D eigenvalue weighted by molar-refractivity contribution is 5.88. The number of aromatic nitrogens is 4. The van der Waals surface area contributed by atoms with Crippen molar-refractivity contribution >= 4 is 28.7 Å². The molecular weight excluding hydrogens is 246 g/mol. The van der Waals surface area contributed by atoms with Crippen LogP contribution in [0.25, 0.3) is 11.0 Å². The smallest absolute Gasteiger partial charge is 0.224 e. The van der Waals surface area contributed by atoms with E-state index in [4.69, 9.17) is 5.73 Å². The Bertz CT molecular complexity index is 623. The Balaban J connectivity index is 2.06. The molecule has 0 aromatic carbocycles. The number of hydrogen-bond donors (Lipinski definition) is 3. The number of H-pyrrole nitrogens is 1. The van der Waals surface area contributed by atoms with Gasteiger partial charge in [-0.05, 0) is 6.92 Å². The summed E-state index contributed by atoms with van der Waals surface area (Å²) >= 11 is 0. The van der Waals surface area contributed by atoms with Gasteiger partial charge < -0.3 is 16.0 Å². The van der Waals surface area contributed by atoms with E-state index in [9.17, 15) is 4.79 Å². The van der Waals surface area contributed by atoms with Crippen molar-refractivity contribution < 1.29 is 4.79 Å². The van der Waals surface area contributed by atoms with E-state index in [1.807, 2.05) is 6.92 Å². The molecule has 0 radical (unpaired) electrons. The van der Waals surface area contributed by atoms with Crippen LogP contribution in [0, 0.1) is 0 Å². The van der Waals surface area contributed by atoms with Crippen LogP contribution in [0.4, 0.5) is 11.8 Å². The minimum Gasteiger partial charge on any atom is -0.368 e. The lowest BCUT2D eigenvalue weighted by Gasteiger charge is -2.27. The van der Waals surface area contributed by atoms with Crippen molar-refractivity contribution in [1.82, 2.24) is 25.5 Å². The molecule has 4 N–H and O–H groups in total. The lowest BCUT2D eigenvalue weighted by Crippen LogP contribution is -2.38. The zero-order valence-corrected chi connectivity index (χ0v) is 10.6. The third-order valence-corrected chi connectivity index (χ3v) is 3.29. The first-order chi connectivity index (χ1) is 9.15. The number of amides is 1. The number of aromatic amines is 1. The number of nitrogens with one attached hydrogen (secondary N) is 2. The zero-order valence-electron chi connectivity index (χ0n) is 10.6. The second-order valence-electron chi connectivity index (χ2n) is 4.63. The molecule has 100 valence electrons. The van der Waals surface area contributed by atoms with Gasteiger partial charge in [-0.3, -0.25) is 9.89 Å². The van der Waals surface area contributed by atoms with Gasteiger partial charge in [-0.1, -0.05) is 0 Å². The summed E-state index contributed by atoms with van der Waals surface area (Å²) < 4.78 is 0. The Morgan fingerprint density at radius 2 is 2.32 bits per heavy atom. The number of fused-ring (bicyclic) bond motifs is 1. The lowest BCUT2D eigenvalue weighted by molar-refractivity contribution is -0.120. The Hall–Kier alpha value is -2.38. The summed E-state index contributed by atoms with van der Waals surface area (Å²) in [6.07, 6.45) is 2.12. The number of nitrogens with two attached hydrogens (primary N) is 1. The van der Waals surface area contributed by atoms with E-state index in [1.54, 1.807) is 6.20 Å². The van der Waals surface area contributed by atoms with Crippen molar-refractivity contribution in [3.8, 4) is 0 Å². The molecule has 8 heteroatoms. The molecule has 1 amide bonds. The van der Waals surface area contributed by atoms with Crippen molar-refractivity contribution in [2.45, 2.75) is 19.4 Å². The summed E-state index contributed by atoms with van der Waals surface area (Å²) in [5.41, 5.74) is 6.33. The molecule has 0 saturated carbocycles. The predicted octanol–water partition coefficient (Wildman–Crippen LogP) is -0.350. The van der Waals surface area contributed by atoms with Crippen LogP contribution in [0.2, 0.25) is 0 Å². The topological polar surface area (TPSA) is 113 Å². The fraction of sp³-hybridized carbons (Fsp3) is 0.455. The molecular formula is C11H15N7O. The highest BCUT2D eigenvalue weighted by Crippen LogP contribution is 2.25. The molecule has 0 spiro atoms. The number of nitrogens with zero attached hydrogens (tertiary/aromatic N) is 4. The van der Waals surface area contributed by atoms with Gasteiger partial charge in [0.2, 0.25) is 11.9 Å². The molecule has 2 aromatic rings. The van der Waals surface area contributed by atoms with E-state index in [0.717, 1.165) is 11.2 Å². The maximum absolute atomic E-state index is 11.5. The van der Waals surface area contributed by atoms with Crippen LogP contribution in [0.3, 0.4) is 0 Å². The standard InChI is InChI=1S/C11H15N7O/c1-6-4-13-8(19)2-3-18(6)10-7-5-14-17-9(7)15-11(12)16-10/h5-6H,2-4H2,1H3,(H,13,19)(H3,12,14,15,16,17). The third-order valence-electron chi connectivity index (χ3n) is 3.29. The van der Waals surface area contributed by atoms with Crippen molar-refractivity contribution in [3.05, 3.63) is 6.20 Å². The summed E-state index contributed by atoms with van der Waals surface area (Å²) in [6, 6.07) is 0.138. The van der Waals surface area contributed by atoms with Gasteiger partial charge in [-0.15, -0.1) is 0 Å². The van der Waals surface area contributed by atoms with E-state index >= 15 is 0 Å². The maximum atomic E-state index is 11.5. The fourth-order valence-electron chi connectivity index (χ4n) is 2.27. The number of carbonyl (C=O) groups is 1. The van der Waals surface area contributed by atoms with Crippen molar-refractivity contribution in [1.29, 1.82) is 0 Å². The summed E-state index contributed by atoms with van der Waals surface area (Å²) in [6.45, 7) is 3.22. The van der Waals surface area contributed by atoms with Gasteiger partial charge in [0.15, 0.2) is 5.65 Å². The summed E-state index contributed by atoms with van der Waals surface area (Å²) in [7, 11) is 0. The average Bonchev–Trinajstić information content (AvgIpc) is 2.77. The quantitative estimate of drug-likeness (QED) is 0.646. The first-order valence-corrected chi connectivity index (χ1v) is 6.15. The van der Waals surface area contributed by atoms with Crippen LogP contribution in [0.1, 0.15) is 13.3 Å². The van der Waals surface area contributed by atoms with Gasteiger partial charge in [0, 0.05) is 25.6 Å². The van der Waals surface area contributed by atoms with Gasteiger partial charge in [0.1, 0.15) is 5.82 Å². The predicted molar refractivity (Wildman–Crippen MR) is 70.5 cm³/mol. The monoisotopic (exact) mass is 261 g/mol. The third kappa shape index (κ3) is 2.05. The Labute approximate surface area is 109 Å². The van der Waals surface area contributed by atoms with Crippen LogP contribution in [-0.2, 0) is 4.79 Å². The highest BCUT2D eigenvalue weighted by atomic mass is 16.1. The maximum Gasteiger partial charge on any atom is 0.224 e. The number of rotatable bonds is 1. The number of anilines is 2. The molecule has 19 heavy (non-hydrogen) atoms.